The molecule has 1 aliphatic rings. The number of nitrogens with one attached hydrogen (secondary N) is 1. The van der Waals surface area contributed by atoms with Crippen molar-refractivity contribution in [3.8, 4) is 0 Å². The van der Waals surface area contributed by atoms with Crippen LogP contribution in [0.25, 0.3) is 6.08 Å². The number of carbonyl (C=O) groups is 2. The normalized spacial score (nSPS) is 15.4. The van der Waals surface area contributed by atoms with Gasteiger partial charge in [-0.15, -0.1) is 0 Å². The molecule has 1 fully saturated rings. The largest absolute Gasteiger partial charge is 0.478 e. The summed E-state index contributed by atoms with van der Waals surface area (Å²) >= 11 is 0. The maximum atomic E-state index is 12.1. The summed E-state index contributed by atoms with van der Waals surface area (Å²) in [6, 6.07) is 1.59. The molecule has 0 atom stereocenters. The van der Waals surface area contributed by atoms with Gasteiger partial charge in [-0.2, -0.15) is 0 Å². The molecule has 6 heteroatoms. The molecule has 0 spiro atoms. The van der Waals surface area contributed by atoms with Crippen molar-refractivity contribution in [2.45, 2.75) is 12.8 Å². The summed E-state index contributed by atoms with van der Waals surface area (Å²) in [4.78, 5) is 28.9. The number of aliphatic carboxylic acids is 1. The minimum Gasteiger partial charge on any atom is -0.478 e. The second-order valence-electron chi connectivity index (χ2n) is 4.94. The Labute approximate surface area is 123 Å². The van der Waals surface area contributed by atoms with E-state index >= 15 is 0 Å². The number of carboxylic acid groups (broad SMARTS) is 1. The predicted molar refractivity (Wildman–Crippen MR) is 78.9 cm³/mol. The zero-order valence-corrected chi connectivity index (χ0v) is 11.8. The van der Waals surface area contributed by atoms with E-state index in [4.69, 9.17) is 5.11 Å². The SMILES string of the molecule is O=C(O)C=Cc1cnccc1C(=O)NCCN1CCCC1. The van der Waals surface area contributed by atoms with E-state index in [9.17, 15) is 9.59 Å². The molecule has 2 rings (SSSR count). The number of likely N-dealkylation sites (tertiary alicyclic amines) is 1. The molecule has 0 bridgehead atoms. The topological polar surface area (TPSA) is 82.5 Å². The van der Waals surface area contributed by atoms with Crippen molar-refractivity contribution in [1.29, 1.82) is 0 Å². The minimum atomic E-state index is -1.06. The van der Waals surface area contributed by atoms with E-state index in [1.54, 1.807) is 6.07 Å². The first-order valence-corrected chi connectivity index (χ1v) is 7.02. The van der Waals surface area contributed by atoms with Crippen LogP contribution in [0.15, 0.2) is 24.5 Å². The number of rotatable bonds is 6. The molecule has 2 heterocycles. The Hall–Kier alpha value is -2.21. The smallest absolute Gasteiger partial charge is 0.328 e. The van der Waals surface area contributed by atoms with Crippen molar-refractivity contribution in [3.63, 3.8) is 0 Å². The molecular weight excluding hydrogens is 270 g/mol. The summed E-state index contributed by atoms with van der Waals surface area (Å²) in [6.45, 7) is 3.62. The molecule has 1 aliphatic heterocycles. The third-order valence-electron chi connectivity index (χ3n) is 3.41. The lowest BCUT2D eigenvalue weighted by atomic mass is 10.1. The van der Waals surface area contributed by atoms with Gasteiger partial charge in [0.25, 0.3) is 5.91 Å². The van der Waals surface area contributed by atoms with Crippen LogP contribution in [0.5, 0.6) is 0 Å². The van der Waals surface area contributed by atoms with Crippen LogP contribution in [0.3, 0.4) is 0 Å². The lowest BCUT2D eigenvalue weighted by molar-refractivity contribution is -0.131. The number of pyridine rings is 1. The lowest BCUT2D eigenvalue weighted by Crippen LogP contribution is -2.33. The Morgan fingerprint density at radius 2 is 2.14 bits per heavy atom. The molecule has 2 N–H and O–H groups in total. The highest BCUT2D eigenvalue weighted by atomic mass is 16.4. The van der Waals surface area contributed by atoms with Crippen LogP contribution in [0.2, 0.25) is 0 Å². The van der Waals surface area contributed by atoms with Crippen LogP contribution in [-0.4, -0.2) is 53.0 Å². The summed E-state index contributed by atoms with van der Waals surface area (Å²) in [7, 11) is 0. The summed E-state index contributed by atoms with van der Waals surface area (Å²) in [5, 5.41) is 11.5. The van der Waals surface area contributed by atoms with Gasteiger partial charge in [0.15, 0.2) is 0 Å². The van der Waals surface area contributed by atoms with E-state index in [0.717, 1.165) is 25.7 Å². The molecule has 0 aromatic carbocycles. The molecule has 112 valence electrons. The Bertz CT molecular complexity index is 537. The van der Waals surface area contributed by atoms with E-state index in [-0.39, 0.29) is 5.91 Å². The van der Waals surface area contributed by atoms with Crippen LogP contribution in [-0.2, 0) is 4.79 Å². The number of carbonyl (C=O) groups excluding carboxylic acids is 1. The molecule has 1 aromatic heterocycles. The first kappa shape index (κ1) is 15.2. The van der Waals surface area contributed by atoms with Crippen LogP contribution < -0.4 is 5.32 Å². The first-order chi connectivity index (χ1) is 10.2. The molecular formula is C15H19N3O3. The molecule has 0 radical (unpaired) electrons. The maximum absolute atomic E-state index is 12.1. The molecule has 6 nitrogen and oxygen atoms in total. The van der Waals surface area contributed by atoms with Gasteiger partial charge in [0, 0.05) is 42.7 Å². The van der Waals surface area contributed by atoms with Gasteiger partial charge in [-0.05, 0) is 38.1 Å². The van der Waals surface area contributed by atoms with Crippen molar-refractivity contribution in [3.05, 3.63) is 35.7 Å². The van der Waals surface area contributed by atoms with Gasteiger partial charge in [-0.1, -0.05) is 0 Å². The Morgan fingerprint density at radius 1 is 1.38 bits per heavy atom. The molecule has 0 saturated carbocycles. The number of hydrogen-bond acceptors (Lipinski definition) is 4. The van der Waals surface area contributed by atoms with Gasteiger partial charge in [-0.25, -0.2) is 4.79 Å². The first-order valence-electron chi connectivity index (χ1n) is 7.02. The summed E-state index contributed by atoms with van der Waals surface area (Å²) in [5.41, 5.74) is 0.933. The van der Waals surface area contributed by atoms with Crippen molar-refractivity contribution < 1.29 is 14.7 Å². The number of hydrogen-bond donors (Lipinski definition) is 2. The summed E-state index contributed by atoms with van der Waals surface area (Å²) in [5.74, 6) is -1.26. The minimum absolute atomic E-state index is 0.207. The van der Waals surface area contributed by atoms with Gasteiger partial charge in [-0.3, -0.25) is 9.78 Å². The van der Waals surface area contributed by atoms with Crippen LogP contribution in [0.4, 0.5) is 0 Å². The van der Waals surface area contributed by atoms with Gasteiger partial charge < -0.3 is 15.3 Å². The maximum Gasteiger partial charge on any atom is 0.328 e. The Kier molecular flexibility index (Phi) is 5.45. The summed E-state index contributed by atoms with van der Waals surface area (Å²) in [6.07, 6.45) is 7.83. The van der Waals surface area contributed by atoms with Crippen molar-refractivity contribution in [1.82, 2.24) is 15.2 Å². The van der Waals surface area contributed by atoms with E-state index in [2.05, 4.69) is 15.2 Å². The zero-order valence-electron chi connectivity index (χ0n) is 11.8. The average Bonchev–Trinajstić information content (AvgIpc) is 2.98. The second kappa shape index (κ2) is 7.54. The lowest BCUT2D eigenvalue weighted by Gasteiger charge is -2.15. The molecule has 21 heavy (non-hydrogen) atoms. The number of nitrogens with zero attached hydrogens (tertiary/aromatic N) is 2. The second-order valence-corrected chi connectivity index (χ2v) is 4.94. The average molecular weight is 289 g/mol. The molecule has 1 amide bonds. The molecule has 1 aromatic rings. The highest BCUT2D eigenvalue weighted by Crippen LogP contribution is 2.09. The zero-order chi connectivity index (χ0) is 15.1. The predicted octanol–water partition coefficient (Wildman–Crippen LogP) is 1.00. The third kappa shape index (κ3) is 4.68. The number of aromatic nitrogens is 1. The highest BCUT2D eigenvalue weighted by molar-refractivity contribution is 5.98. The van der Waals surface area contributed by atoms with Gasteiger partial charge in [0.2, 0.25) is 0 Å². The molecule has 0 aliphatic carbocycles. The quantitative estimate of drug-likeness (QED) is 0.764. The number of carboxylic acids is 1. The monoisotopic (exact) mass is 289 g/mol. The molecule has 1 saturated heterocycles. The van der Waals surface area contributed by atoms with E-state index in [1.165, 1.54) is 31.3 Å². The van der Waals surface area contributed by atoms with Gasteiger partial charge >= 0.3 is 5.97 Å². The van der Waals surface area contributed by atoms with Gasteiger partial charge in [0.1, 0.15) is 0 Å². The highest BCUT2D eigenvalue weighted by Gasteiger charge is 2.13. The van der Waals surface area contributed by atoms with Crippen LogP contribution in [0.1, 0.15) is 28.8 Å². The van der Waals surface area contributed by atoms with Crippen molar-refractivity contribution >= 4 is 18.0 Å². The fraction of sp³-hybridized carbons (Fsp3) is 0.400. The van der Waals surface area contributed by atoms with Gasteiger partial charge in [0.05, 0.1) is 0 Å². The van der Waals surface area contributed by atoms with Crippen LogP contribution in [0, 0.1) is 0 Å². The fourth-order valence-electron chi connectivity index (χ4n) is 2.34. The van der Waals surface area contributed by atoms with Crippen molar-refractivity contribution in [2.75, 3.05) is 26.2 Å². The third-order valence-corrected chi connectivity index (χ3v) is 3.41. The van der Waals surface area contributed by atoms with Crippen LogP contribution >= 0.6 is 0 Å². The standard InChI is InChI=1S/C15H19N3O3/c19-14(20)4-3-12-11-16-6-5-13(12)15(21)17-7-10-18-8-1-2-9-18/h3-6,11H,1-2,7-10H2,(H,17,21)(H,19,20). The fourth-order valence-corrected chi connectivity index (χ4v) is 2.34. The van der Waals surface area contributed by atoms with Crippen molar-refractivity contribution in [2.24, 2.45) is 0 Å². The van der Waals surface area contributed by atoms with E-state index < -0.39 is 5.97 Å². The molecule has 0 unspecified atom stereocenters. The Balaban J connectivity index is 1.93. The Morgan fingerprint density at radius 3 is 2.86 bits per heavy atom. The summed E-state index contributed by atoms with van der Waals surface area (Å²) < 4.78 is 0. The number of amides is 1. The van der Waals surface area contributed by atoms with E-state index in [0.29, 0.717) is 17.7 Å². The van der Waals surface area contributed by atoms with E-state index in [1.807, 2.05) is 0 Å².